The number of carbonyl (C=O) groups excluding carboxylic acids is 1. The van der Waals surface area contributed by atoms with Gasteiger partial charge in [0.15, 0.2) is 0 Å². The topological polar surface area (TPSA) is 29.1 Å². The number of carbonyl (C=O) groups is 1. The fourth-order valence-corrected chi connectivity index (χ4v) is 2.09. The number of hydrogen-bond donors (Lipinski definition) is 1. The standard InChI is InChI=1S/C13H14ClF2NO/c1-8-4-9(11(16)5-10(8)15)12(18)17-7-13(6-14)2-3-13/h4-5H,2-3,6-7H2,1H3,(H,17,18). The van der Waals surface area contributed by atoms with Gasteiger partial charge in [-0.2, -0.15) is 0 Å². The molecule has 0 unspecified atom stereocenters. The van der Waals surface area contributed by atoms with E-state index in [4.69, 9.17) is 11.6 Å². The van der Waals surface area contributed by atoms with Crippen LogP contribution in [0.5, 0.6) is 0 Å². The first-order valence-electron chi connectivity index (χ1n) is 5.77. The largest absolute Gasteiger partial charge is 0.351 e. The van der Waals surface area contributed by atoms with Crippen molar-refractivity contribution in [2.24, 2.45) is 5.41 Å². The second kappa shape index (κ2) is 4.84. The van der Waals surface area contributed by atoms with Crippen molar-refractivity contribution in [1.29, 1.82) is 0 Å². The molecule has 98 valence electrons. The Hall–Kier alpha value is -1.16. The van der Waals surface area contributed by atoms with Gasteiger partial charge >= 0.3 is 0 Å². The summed E-state index contributed by atoms with van der Waals surface area (Å²) in [5, 5.41) is 2.65. The molecule has 0 aromatic heterocycles. The van der Waals surface area contributed by atoms with E-state index in [9.17, 15) is 13.6 Å². The highest BCUT2D eigenvalue weighted by molar-refractivity contribution is 6.18. The SMILES string of the molecule is Cc1cc(C(=O)NCC2(CCl)CC2)c(F)cc1F. The zero-order chi connectivity index (χ0) is 13.3. The summed E-state index contributed by atoms with van der Waals surface area (Å²) in [6, 6.07) is 1.96. The lowest BCUT2D eigenvalue weighted by Crippen LogP contribution is -2.31. The van der Waals surface area contributed by atoms with E-state index in [-0.39, 0.29) is 16.5 Å². The number of rotatable bonds is 4. The molecule has 1 saturated carbocycles. The van der Waals surface area contributed by atoms with Crippen molar-refractivity contribution >= 4 is 17.5 Å². The molecule has 1 aliphatic rings. The van der Waals surface area contributed by atoms with Crippen LogP contribution in [0.4, 0.5) is 8.78 Å². The Morgan fingerprint density at radius 2 is 2.06 bits per heavy atom. The number of nitrogens with one attached hydrogen (secondary N) is 1. The van der Waals surface area contributed by atoms with Crippen molar-refractivity contribution in [3.05, 3.63) is 34.9 Å². The molecule has 1 aromatic rings. The van der Waals surface area contributed by atoms with Gasteiger partial charge in [-0.25, -0.2) is 8.78 Å². The number of halogens is 3. The summed E-state index contributed by atoms with van der Waals surface area (Å²) in [4.78, 5) is 11.8. The van der Waals surface area contributed by atoms with Crippen molar-refractivity contribution in [3.8, 4) is 0 Å². The summed E-state index contributed by atoms with van der Waals surface area (Å²) in [6.45, 7) is 1.93. The predicted molar refractivity (Wildman–Crippen MR) is 65.8 cm³/mol. The maximum Gasteiger partial charge on any atom is 0.254 e. The normalized spacial score (nSPS) is 16.4. The first kappa shape index (κ1) is 13.3. The smallest absolute Gasteiger partial charge is 0.254 e. The quantitative estimate of drug-likeness (QED) is 0.840. The second-order valence-electron chi connectivity index (χ2n) is 4.90. The molecule has 0 radical (unpaired) electrons. The minimum absolute atomic E-state index is 0.0250. The van der Waals surface area contributed by atoms with Gasteiger partial charge in [0.05, 0.1) is 5.56 Å². The highest BCUT2D eigenvalue weighted by Gasteiger charge is 2.41. The van der Waals surface area contributed by atoms with Crippen molar-refractivity contribution in [3.63, 3.8) is 0 Å². The van der Waals surface area contributed by atoms with E-state index >= 15 is 0 Å². The van der Waals surface area contributed by atoms with Crippen LogP contribution in [-0.4, -0.2) is 18.3 Å². The van der Waals surface area contributed by atoms with Crippen LogP contribution in [-0.2, 0) is 0 Å². The first-order chi connectivity index (χ1) is 8.47. The van der Waals surface area contributed by atoms with Crippen molar-refractivity contribution in [2.45, 2.75) is 19.8 Å². The fraction of sp³-hybridized carbons (Fsp3) is 0.462. The molecular weight excluding hydrogens is 260 g/mol. The molecule has 1 aliphatic carbocycles. The molecule has 0 bridgehead atoms. The minimum Gasteiger partial charge on any atom is -0.351 e. The Morgan fingerprint density at radius 1 is 1.39 bits per heavy atom. The van der Waals surface area contributed by atoms with E-state index in [1.54, 1.807) is 0 Å². The molecule has 1 N–H and O–H groups in total. The Balaban J connectivity index is 2.07. The van der Waals surface area contributed by atoms with E-state index in [0.717, 1.165) is 18.9 Å². The highest BCUT2D eigenvalue weighted by atomic mass is 35.5. The Kier molecular flexibility index (Phi) is 3.57. The molecule has 5 heteroatoms. The third-order valence-electron chi connectivity index (χ3n) is 3.36. The van der Waals surface area contributed by atoms with Crippen LogP contribution in [0.15, 0.2) is 12.1 Å². The van der Waals surface area contributed by atoms with Crippen LogP contribution in [0.3, 0.4) is 0 Å². The van der Waals surface area contributed by atoms with Gasteiger partial charge in [-0.05, 0) is 31.4 Å². The van der Waals surface area contributed by atoms with Gasteiger partial charge in [0.25, 0.3) is 5.91 Å². The van der Waals surface area contributed by atoms with E-state index in [2.05, 4.69) is 5.32 Å². The lowest BCUT2D eigenvalue weighted by atomic mass is 10.1. The summed E-state index contributed by atoms with van der Waals surface area (Å²) < 4.78 is 26.5. The average Bonchev–Trinajstić information content (AvgIpc) is 3.11. The Labute approximate surface area is 109 Å². The van der Waals surface area contributed by atoms with Gasteiger partial charge in [0.1, 0.15) is 11.6 Å². The molecular formula is C13H14ClF2NO. The molecule has 1 aromatic carbocycles. The van der Waals surface area contributed by atoms with Crippen LogP contribution in [0.1, 0.15) is 28.8 Å². The Bertz CT molecular complexity index is 486. The summed E-state index contributed by atoms with van der Waals surface area (Å²) in [6.07, 6.45) is 1.95. The van der Waals surface area contributed by atoms with Gasteiger partial charge in [-0.3, -0.25) is 4.79 Å². The zero-order valence-electron chi connectivity index (χ0n) is 10.0. The number of amides is 1. The van der Waals surface area contributed by atoms with Crippen molar-refractivity contribution in [2.75, 3.05) is 12.4 Å². The monoisotopic (exact) mass is 273 g/mol. The summed E-state index contributed by atoms with van der Waals surface area (Å²) in [5.74, 6) is -1.53. The maximum absolute atomic E-state index is 13.5. The lowest BCUT2D eigenvalue weighted by Gasteiger charge is -2.13. The molecule has 1 fully saturated rings. The van der Waals surface area contributed by atoms with E-state index in [0.29, 0.717) is 12.4 Å². The number of benzene rings is 1. The first-order valence-corrected chi connectivity index (χ1v) is 6.31. The third kappa shape index (κ3) is 2.64. The van der Waals surface area contributed by atoms with Gasteiger partial charge < -0.3 is 5.32 Å². The molecule has 0 spiro atoms. The molecule has 1 amide bonds. The molecule has 0 saturated heterocycles. The van der Waals surface area contributed by atoms with Crippen LogP contribution < -0.4 is 5.32 Å². The van der Waals surface area contributed by atoms with Crippen molar-refractivity contribution < 1.29 is 13.6 Å². The van der Waals surface area contributed by atoms with Crippen LogP contribution in [0, 0.1) is 24.0 Å². The van der Waals surface area contributed by atoms with E-state index in [1.165, 1.54) is 13.0 Å². The molecule has 0 aliphatic heterocycles. The predicted octanol–water partition coefficient (Wildman–Crippen LogP) is 3.02. The minimum atomic E-state index is -0.841. The molecule has 18 heavy (non-hydrogen) atoms. The van der Waals surface area contributed by atoms with Gasteiger partial charge in [-0.1, -0.05) is 0 Å². The number of hydrogen-bond acceptors (Lipinski definition) is 1. The number of aryl methyl sites for hydroxylation is 1. The van der Waals surface area contributed by atoms with Crippen LogP contribution in [0.2, 0.25) is 0 Å². The van der Waals surface area contributed by atoms with E-state index < -0.39 is 17.5 Å². The average molecular weight is 274 g/mol. The van der Waals surface area contributed by atoms with Gasteiger partial charge in [0.2, 0.25) is 0 Å². The Morgan fingerprint density at radius 3 is 2.61 bits per heavy atom. The maximum atomic E-state index is 13.5. The third-order valence-corrected chi connectivity index (χ3v) is 3.92. The molecule has 0 atom stereocenters. The number of alkyl halides is 1. The highest BCUT2D eigenvalue weighted by Crippen LogP contribution is 2.45. The molecule has 2 rings (SSSR count). The van der Waals surface area contributed by atoms with Gasteiger partial charge in [-0.15, -0.1) is 11.6 Å². The van der Waals surface area contributed by atoms with E-state index in [1.807, 2.05) is 0 Å². The molecule has 2 nitrogen and oxygen atoms in total. The summed E-state index contributed by atoms with van der Waals surface area (Å²) in [7, 11) is 0. The fourth-order valence-electron chi connectivity index (χ4n) is 1.73. The van der Waals surface area contributed by atoms with Gasteiger partial charge in [0, 0.05) is 23.9 Å². The molecule has 0 heterocycles. The zero-order valence-corrected chi connectivity index (χ0v) is 10.8. The van der Waals surface area contributed by atoms with Crippen molar-refractivity contribution in [1.82, 2.24) is 5.32 Å². The summed E-state index contributed by atoms with van der Waals surface area (Å²) >= 11 is 5.79. The van der Waals surface area contributed by atoms with Crippen LogP contribution >= 0.6 is 11.6 Å². The summed E-state index contributed by atoms with van der Waals surface area (Å²) in [5.41, 5.74) is 0.0993. The van der Waals surface area contributed by atoms with Crippen LogP contribution in [0.25, 0.3) is 0 Å². The second-order valence-corrected chi connectivity index (χ2v) is 5.16. The lowest BCUT2D eigenvalue weighted by molar-refractivity contribution is 0.0942.